The largest absolute Gasteiger partial charge is 0.488 e. The van der Waals surface area contributed by atoms with Crippen molar-refractivity contribution < 1.29 is 17.9 Å². The molecule has 0 aliphatic heterocycles. The number of alkyl halides is 3. The number of nitrogens with two attached hydrogens (primary N) is 1. The van der Waals surface area contributed by atoms with Crippen LogP contribution >= 0.6 is 0 Å². The molecule has 1 aliphatic rings. The van der Waals surface area contributed by atoms with Crippen LogP contribution < -0.4 is 5.73 Å². The quantitative estimate of drug-likeness (QED) is 0.672. The van der Waals surface area contributed by atoms with Crippen LogP contribution in [-0.2, 0) is 4.74 Å². The Morgan fingerprint density at radius 1 is 1.57 bits per heavy atom. The lowest BCUT2D eigenvalue weighted by molar-refractivity contribution is -0.164. The van der Waals surface area contributed by atoms with Gasteiger partial charge in [-0.3, -0.25) is 0 Å². The van der Waals surface area contributed by atoms with E-state index in [0.29, 0.717) is 17.9 Å². The van der Waals surface area contributed by atoms with Crippen LogP contribution in [-0.4, -0.2) is 25.0 Å². The summed E-state index contributed by atoms with van der Waals surface area (Å²) in [5.41, 5.74) is 5.48. The van der Waals surface area contributed by atoms with Crippen LogP contribution in [0.1, 0.15) is 6.42 Å². The highest BCUT2D eigenvalue weighted by molar-refractivity contribution is 5.84. The minimum Gasteiger partial charge on any atom is -0.488 e. The molecule has 1 unspecified atom stereocenters. The number of halogens is 3. The number of hydrogen-bond donors (Lipinski definition) is 2. The summed E-state index contributed by atoms with van der Waals surface area (Å²) in [5.74, 6) is 0.175. The fourth-order valence-corrected chi connectivity index (χ4v) is 0.979. The minimum atomic E-state index is -4.30. The van der Waals surface area contributed by atoms with E-state index in [2.05, 4.69) is 4.74 Å². The summed E-state index contributed by atoms with van der Waals surface area (Å²) in [4.78, 5) is 0. The van der Waals surface area contributed by atoms with Gasteiger partial charge in [-0.1, -0.05) is 0 Å². The van der Waals surface area contributed by atoms with Crippen molar-refractivity contribution in [1.29, 1.82) is 5.41 Å². The fourth-order valence-electron chi connectivity index (χ4n) is 0.979. The summed E-state index contributed by atoms with van der Waals surface area (Å²) < 4.78 is 39.5. The monoisotopic (exact) mass is 208 g/mol. The van der Waals surface area contributed by atoms with Gasteiger partial charge in [-0.05, 0) is 12.5 Å². The molecule has 0 heterocycles. The SMILES string of the molecule is N=C(CN)CC1C=C1OCC(F)(F)F. The van der Waals surface area contributed by atoms with Crippen molar-refractivity contribution in [1.82, 2.24) is 0 Å². The van der Waals surface area contributed by atoms with Crippen LogP contribution in [0.15, 0.2) is 11.8 Å². The standard InChI is InChI=1S/C8H11F3N2O/c9-8(10,11)4-14-7-2-5(7)1-6(13)3-12/h2,5,13H,1,3-4,12H2. The molecule has 0 bridgehead atoms. The topological polar surface area (TPSA) is 59.1 Å². The molecule has 0 saturated carbocycles. The maximum Gasteiger partial charge on any atom is 0.422 e. The second-order valence-corrected chi connectivity index (χ2v) is 3.09. The molecule has 1 atom stereocenters. The first kappa shape index (κ1) is 11.0. The van der Waals surface area contributed by atoms with Crippen molar-refractivity contribution in [3.05, 3.63) is 11.8 Å². The predicted octanol–water partition coefficient (Wildman–Crippen LogP) is 1.45. The van der Waals surface area contributed by atoms with Gasteiger partial charge in [-0.2, -0.15) is 13.2 Å². The summed E-state index contributed by atoms with van der Waals surface area (Å²) in [6.07, 6.45) is -2.37. The Balaban J connectivity index is 2.14. The lowest BCUT2D eigenvalue weighted by Gasteiger charge is -2.07. The Bertz CT molecular complexity index is 260. The van der Waals surface area contributed by atoms with Gasteiger partial charge in [0.1, 0.15) is 5.76 Å². The molecule has 0 amide bonds. The van der Waals surface area contributed by atoms with Crippen LogP contribution in [0.5, 0.6) is 0 Å². The van der Waals surface area contributed by atoms with Gasteiger partial charge in [0, 0.05) is 18.2 Å². The van der Waals surface area contributed by atoms with Crippen molar-refractivity contribution in [2.75, 3.05) is 13.2 Å². The summed E-state index contributed by atoms with van der Waals surface area (Å²) in [6, 6.07) is 0. The molecule has 6 heteroatoms. The first-order chi connectivity index (χ1) is 6.42. The third-order valence-corrected chi connectivity index (χ3v) is 1.74. The molecule has 0 fully saturated rings. The first-order valence-electron chi connectivity index (χ1n) is 4.10. The first-order valence-corrected chi connectivity index (χ1v) is 4.10. The van der Waals surface area contributed by atoms with E-state index in [9.17, 15) is 13.2 Å². The van der Waals surface area contributed by atoms with Gasteiger partial charge in [0.05, 0.1) is 0 Å². The molecule has 3 N–H and O–H groups in total. The zero-order chi connectivity index (χ0) is 10.8. The zero-order valence-electron chi connectivity index (χ0n) is 7.40. The molecule has 3 nitrogen and oxygen atoms in total. The van der Waals surface area contributed by atoms with Crippen molar-refractivity contribution in [3.63, 3.8) is 0 Å². The number of ether oxygens (including phenoxy) is 1. The Kier molecular flexibility index (Phi) is 3.15. The lowest BCUT2D eigenvalue weighted by Crippen LogP contribution is -2.17. The van der Waals surface area contributed by atoms with Crippen LogP contribution in [0.3, 0.4) is 0 Å². The van der Waals surface area contributed by atoms with Gasteiger partial charge in [0.25, 0.3) is 0 Å². The zero-order valence-corrected chi connectivity index (χ0v) is 7.40. The summed E-state index contributed by atoms with van der Waals surface area (Å²) in [7, 11) is 0. The normalized spacial score (nSPS) is 20.3. The minimum absolute atomic E-state index is 0.136. The summed E-state index contributed by atoms with van der Waals surface area (Å²) >= 11 is 0. The van der Waals surface area contributed by atoms with E-state index < -0.39 is 12.8 Å². The summed E-state index contributed by atoms with van der Waals surface area (Å²) in [5, 5.41) is 7.22. The lowest BCUT2D eigenvalue weighted by atomic mass is 10.2. The molecule has 1 aliphatic carbocycles. The molecule has 0 aromatic carbocycles. The highest BCUT2D eigenvalue weighted by Crippen LogP contribution is 2.34. The summed E-state index contributed by atoms with van der Waals surface area (Å²) in [6.45, 7) is -1.12. The van der Waals surface area contributed by atoms with E-state index in [1.165, 1.54) is 0 Å². The number of allylic oxidation sites excluding steroid dienone is 2. The fraction of sp³-hybridized carbons (Fsp3) is 0.625. The van der Waals surface area contributed by atoms with Crippen molar-refractivity contribution in [2.45, 2.75) is 12.6 Å². The third-order valence-electron chi connectivity index (χ3n) is 1.74. The highest BCUT2D eigenvalue weighted by Gasteiger charge is 2.34. The van der Waals surface area contributed by atoms with Crippen LogP contribution in [0, 0.1) is 11.3 Å². The Hall–Kier alpha value is -1.04. The van der Waals surface area contributed by atoms with E-state index in [4.69, 9.17) is 11.1 Å². The highest BCUT2D eigenvalue weighted by atomic mass is 19.4. The van der Waals surface area contributed by atoms with Gasteiger partial charge in [-0.25, -0.2) is 0 Å². The van der Waals surface area contributed by atoms with Gasteiger partial charge in [-0.15, -0.1) is 0 Å². The van der Waals surface area contributed by atoms with Gasteiger partial charge in [0.2, 0.25) is 0 Å². The smallest absolute Gasteiger partial charge is 0.422 e. The Morgan fingerprint density at radius 3 is 2.71 bits per heavy atom. The molecule has 0 radical (unpaired) electrons. The average molecular weight is 208 g/mol. The number of hydrogen-bond acceptors (Lipinski definition) is 3. The van der Waals surface area contributed by atoms with Gasteiger partial charge >= 0.3 is 6.18 Å². The van der Waals surface area contributed by atoms with E-state index in [0.717, 1.165) is 0 Å². The van der Waals surface area contributed by atoms with Crippen LogP contribution in [0.25, 0.3) is 0 Å². The molecule has 80 valence electrons. The molecular weight excluding hydrogens is 197 g/mol. The second-order valence-electron chi connectivity index (χ2n) is 3.09. The van der Waals surface area contributed by atoms with E-state index >= 15 is 0 Å². The third kappa shape index (κ3) is 3.78. The maximum atomic E-state index is 11.7. The van der Waals surface area contributed by atoms with Crippen LogP contribution in [0.2, 0.25) is 0 Å². The van der Waals surface area contributed by atoms with Gasteiger partial charge in [0.15, 0.2) is 6.61 Å². The molecule has 0 aromatic heterocycles. The maximum absolute atomic E-state index is 11.7. The van der Waals surface area contributed by atoms with E-state index in [-0.39, 0.29) is 12.5 Å². The van der Waals surface area contributed by atoms with Gasteiger partial charge < -0.3 is 15.9 Å². The van der Waals surface area contributed by atoms with Crippen LogP contribution in [0.4, 0.5) is 13.2 Å². The Morgan fingerprint density at radius 2 is 2.21 bits per heavy atom. The van der Waals surface area contributed by atoms with E-state index in [1.54, 1.807) is 6.08 Å². The van der Waals surface area contributed by atoms with Crippen molar-refractivity contribution in [2.24, 2.45) is 11.7 Å². The number of rotatable bonds is 5. The van der Waals surface area contributed by atoms with E-state index in [1.807, 2.05) is 0 Å². The predicted molar refractivity (Wildman–Crippen MR) is 45.0 cm³/mol. The average Bonchev–Trinajstić information content (AvgIpc) is 2.79. The van der Waals surface area contributed by atoms with Crippen molar-refractivity contribution in [3.8, 4) is 0 Å². The second kappa shape index (κ2) is 4.00. The Labute approximate surface area is 79.2 Å². The molecule has 0 spiro atoms. The van der Waals surface area contributed by atoms with Crippen molar-refractivity contribution >= 4 is 5.71 Å². The molecule has 14 heavy (non-hydrogen) atoms. The molecular formula is C8H11F3N2O. The molecule has 1 rings (SSSR count). The number of nitrogens with one attached hydrogen (secondary N) is 1. The molecule has 0 aromatic rings. The molecule has 0 saturated heterocycles.